The van der Waals surface area contributed by atoms with E-state index in [4.69, 9.17) is 16.3 Å². The van der Waals surface area contributed by atoms with Crippen LogP contribution in [-0.2, 0) is 4.74 Å². The van der Waals surface area contributed by atoms with Crippen molar-refractivity contribution in [1.82, 2.24) is 21.0 Å². The maximum absolute atomic E-state index is 16.0. The van der Waals surface area contributed by atoms with Gasteiger partial charge in [0.05, 0.1) is 45.7 Å². The minimum Gasteiger partial charge on any atom is -0.462 e. The van der Waals surface area contributed by atoms with Gasteiger partial charge in [-0.2, -0.15) is 18.4 Å². The second-order valence-corrected chi connectivity index (χ2v) is 12.6. The predicted molar refractivity (Wildman–Crippen MR) is 162 cm³/mol. The highest BCUT2D eigenvalue weighted by molar-refractivity contribution is 6.35. The standard InChI is InChI=1S/C31H32ClF4N7O2/c1-5-45-28(44)20-8-6-7-19(24(20)33)27(23-15-43(42-41-23)30(9-10-30)31(34,35)36)40-18-11-21-25(39-16-29(2,3)4)17(13-37)14-38-26(21)22(32)12-18/h6-8,11-12,14-15,27,40-42H,5,9-10,16H2,1-4H3,(H,38,39)/t27-/m0/s1. The Morgan fingerprint density at radius 3 is 2.62 bits per heavy atom. The molecule has 4 N–H and O–H groups in total. The van der Waals surface area contributed by atoms with Crippen LogP contribution in [0, 0.1) is 22.6 Å². The van der Waals surface area contributed by atoms with Gasteiger partial charge in [-0.3, -0.25) is 9.99 Å². The monoisotopic (exact) mass is 645 g/mol. The van der Waals surface area contributed by atoms with E-state index in [1.54, 1.807) is 19.1 Å². The van der Waals surface area contributed by atoms with Crippen molar-refractivity contribution in [2.24, 2.45) is 5.41 Å². The van der Waals surface area contributed by atoms with Gasteiger partial charge in [-0.1, -0.05) is 44.5 Å². The van der Waals surface area contributed by atoms with Crippen LogP contribution in [0.15, 0.2) is 48.4 Å². The van der Waals surface area contributed by atoms with Gasteiger partial charge in [0.25, 0.3) is 0 Å². The van der Waals surface area contributed by atoms with Crippen LogP contribution in [0.25, 0.3) is 10.9 Å². The number of benzene rings is 2. The quantitative estimate of drug-likeness (QED) is 0.145. The molecule has 1 fully saturated rings. The smallest absolute Gasteiger partial charge is 0.413 e. The van der Waals surface area contributed by atoms with Gasteiger partial charge >= 0.3 is 12.1 Å². The maximum Gasteiger partial charge on any atom is 0.413 e. The molecule has 3 aromatic rings. The molecule has 1 aliphatic heterocycles. The number of nitrogens with one attached hydrogen (secondary N) is 4. The fourth-order valence-electron chi connectivity index (χ4n) is 5.09. The minimum atomic E-state index is -4.51. The van der Waals surface area contributed by atoms with Crippen LogP contribution >= 0.6 is 11.6 Å². The molecule has 0 unspecified atom stereocenters. The highest BCUT2D eigenvalue weighted by Gasteiger charge is 2.67. The number of nitriles is 1. The van der Waals surface area contributed by atoms with Crippen molar-refractivity contribution in [3.8, 4) is 6.07 Å². The lowest BCUT2D eigenvalue weighted by atomic mass is 9.96. The molecular formula is C31H32ClF4N7O2. The average molecular weight is 646 g/mol. The Hall–Kier alpha value is -4.28. The number of nitrogens with zero attached hydrogens (tertiary/aromatic N) is 3. The number of rotatable bonds is 9. The van der Waals surface area contributed by atoms with Gasteiger partial charge in [0.2, 0.25) is 0 Å². The molecule has 1 atom stereocenters. The van der Waals surface area contributed by atoms with E-state index in [-0.39, 0.29) is 52.3 Å². The fourth-order valence-corrected chi connectivity index (χ4v) is 5.35. The van der Waals surface area contributed by atoms with Crippen LogP contribution in [0.3, 0.4) is 0 Å². The Kier molecular flexibility index (Phi) is 8.50. The van der Waals surface area contributed by atoms with E-state index in [1.165, 1.54) is 30.6 Å². The van der Waals surface area contributed by atoms with Gasteiger partial charge in [0, 0.05) is 35.6 Å². The van der Waals surface area contributed by atoms with Gasteiger partial charge in [0.15, 0.2) is 5.54 Å². The first kappa shape index (κ1) is 32.1. The zero-order chi connectivity index (χ0) is 32.7. The molecule has 2 heterocycles. The Morgan fingerprint density at radius 2 is 2.00 bits per heavy atom. The Morgan fingerprint density at radius 1 is 1.27 bits per heavy atom. The van der Waals surface area contributed by atoms with Crippen LogP contribution in [0.4, 0.5) is 28.9 Å². The summed E-state index contributed by atoms with van der Waals surface area (Å²) in [5, 5.41) is 18.0. The predicted octanol–water partition coefficient (Wildman–Crippen LogP) is 6.95. The van der Waals surface area contributed by atoms with Gasteiger partial charge in [-0.15, -0.1) is 5.53 Å². The number of halogens is 5. The van der Waals surface area contributed by atoms with Crippen molar-refractivity contribution in [3.63, 3.8) is 0 Å². The molecule has 0 bridgehead atoms. The number of hydrogen-bond acceptors (Lipinski definition) is 9. The number of alkyl halides is 3. The number of fused-ring (bicyclic) bond motifs is 1. The average Bonchev–Trinajstić information content (AvgIpc) is 3.66. The highest BCUT2D eigenvalue weighted by Crippen LogP contribution is 2.54. The maximum atomic E-state index is 16.0. The van der Waals surface area contributed by atoms with Crippen molar-refractivity contribution in [1.29, 1.82) is 5.26 Å². The molecule has 14 heteroatoms. The van der Waals surface area contributed by atoms with Gasteiger partial charge in [-0.05, 0) is 43.4 Å². The largest absolute Gasteiger partial charge is 0.462 e. The van der Waals surface area contributed by atoms with E-state index >= 15 is 4.39 Å². The number of aromatic nitrogens is 1. The molecule has 45 heavy (non-hydrogen) atoms. The molecule has 2 aromatic carbocycles. The summed E-state index contributed by atoms with van der Waals surface area (Å²) in [7, 11) is 0. The summed E-state index contributed by atoms with van der Waals surface area (Å²) >= 11 is 6.66. The molecule has 5 rings (SSSR count). The molecule has 0 saturated heterocycles. The normalized spacial score (nSPS) is 16.4. The molecule has 1 aromatic heterocycles. The van der Waals surface area contributed by atoms with E-state index in [0.717, 1.165) is 5.01 Å². The number of carbonyl (C=O) groups excluding carboxylic acids is 1. The first-order valence-electron chi connectivity index (χ1n) is 14.3. The van der Waals surface area contributed by atoms with Crippen LogP contribution in [0.2, 0.25) is 5.02 Å². The first-order chi connectivity index (χ1) is 21.2. The van der Waals surface area contributed by atoms with Gasteiger partial charge in [-0.25, -0.2) is 9.18 Å². The van der Waals surface area contributed by atoms with Crippen molar-refractivity contribution < 1.29 is 27.1 Å². The summed E-state index contributed by atoms with van der Waals surface area (Å²) in [6, 6.07) is 8.39. The number of hydrazine groups is 2. The van der Waals surface area contributed by atoms with Crippen molar-refractivity contribution >= 4 is 39.8 Å². The molecule has 9 nitrogen and oxygen atoms in total. The van der Waals surface area contributed by atoms with E-state index in [9.17, 15) is 23.2 Å². The van der Waals surface area contributed by atoms with E-state index in [1.807, 2.05) is 20.8 Å². The van der Waals surface area contributed by atoms with Crippen LogP contribution in [0.1, 0.15) is 68.1 Å². The molecule has 1 aliphatic carbocycles. The number of hydrogen-bond donors (Lipinski definition) is 4. The van der Waals surface area contributed by atoms with Crippen molar-refractivity contribution in [3.05, 3.63) is 76.0 Å². The molecule has 0 spiro atoms. The third-order valence-electron chi connectivity index (χ3n) is 7.60. The summed E-state index contributed by atoms with van der Waals surface area (Å²) in [6.45, 7) is 8.22. The SMILES string of the molecule is CCOC(=O)c1cccc([C@H](Nc2cc(Cl)c3ncc(C#N)c(NCC(C)(C)C)c3c2)C2=CN(C3(C(F)(F)F)CC3)NN2)c1F. The van der Waals surface area contributed by atoms with Gasteiger partial charge in [0.1, 0.15) is 11.9 Å². The van der Waals surface area contributed by atoms with E-state index in [2.05, 4.69) is 32.6 Å². The second kappa shape index (κ2) is 11.9. The second-order valence-electron chi connectivity index (χ2n) is 12.2. The number of esters is 1. The van der Waals surface area contributed by atoms with Gasteiger partial charge < -0.3 is 20.8 Å². The molecule has 2 aliphatic rings. The molecule has 238 valence electrons. The van der Waals surface area contributed by atoms with Crippen LogP contribution in [0.5, 0.6) is 0 Å². The summed E-state index contributed by atoms with van der Waals surface area (Å²) in [5.74, 6) is -1.78. The minimum absolute atomic E-state index is 0.0230. The zero-order valence-electron chi connectivity index (χ0n) is 25.0. The van der Waals surface area contributed by atoms with Crippen LogP contribution in [-0.4, -0.2) is 40.8 Å². The summed E-state index contributed by atoms with van der Waals surface area (Å²) in [4.78, 5) is 16.9. The zero-order valence-corrected chi connectivity index (χ0v) is 25.8. The number of anilines is 2. The summed E-state index contributed by atoms with van der Waals surface area (Å²) < 4.78 is 62.8. The van der Waals surface area contributed by atoms with Crippen molar-refractivity contribution in [2.75, 3.05) is 23.8 Å². The van der Waals surface area contributed by atoms with E-state index in [0.29, 0.717) is 28.8 Å². The fraction of sp³-hybridized carbons (Fsp3) is 0.387. The number of ether oxygens (including phenoxy) is 1. The molecule has 1 saturated carbocycles. The number of pyridine rings is 1. The third kappa shape index (κ3) is 6.30. The van der Waals surface area contributed by atoms with Crippen molar-refractivity contribution in [2.45, 2.75) is 58.3 Å². The molecular weight excluding hydrogens is 614 g/mol. The lowest BCUT2D eigenvalue weighted by molar-refractivity contribution is -0.195. The first-order valence-corrected chi connectivity index (χ1v) is 14.6. The summed E-state index contributed by atoms with van der Waals surface area (Å²) in [6.07, 6.45) is -2.08. The molecule has 0 radical (unpaired) electrons. The third-order valence-corrected chi connectivity index (χ3v) is 7.89. The topological polar surface area (TPSA) is 114 Å². The number of carbonyl (C=O) groups is 1. The Labute approximate surface area is 262 Å². The lowest BCUT2D eigenvalue weighted by Crippen LogP contribution is -2.52. The van der Waals surface area contributed by atoms with E-state index < -0.39 is 29.5 Å². The lowest BCUT2D eigenvalue weighted by Gasteiger charge is -2.28. The summed E-state index contributed by atoms with van der Waals surface area (Å²) in [5.41, 5.74) is 4.42. The Bertz CT molecular complexity index is 1710. The van der Waals surface area contributed by atoms with Crippen LogP contribution < -0.4 is 21.6 Å². The molecule has 0 amide bonds. The Balaban J connectivity index is 1.62. The highest BCUT2D eigenvalue weighted by atomic mass is 35.5.